The third-order valence-electron chi connectivity index (χ3n) is 2.80. The van der Waals surface area contributed by atoms with Crippen LogP contribution in [0.5, 0.6) is 0 Å². The number of carboxylic acids is 1. The SMILES string of the molecule is CC(C)(CCC1CCCO1)CC(=O)O. The lowest BCUT2D eigenvalue weighted by atomic mass is 9.83. The average Bonchev–Trinajstić information content (AvgIpc) is 2.50. The zero-order chi connectivity index (χ0) is 10.6. The Morgan fingerprint density at radius 3 is 2.79 bits per heavy atom. The lowest BCUT2D eigenvalue weighted by Gasteiger charge is -2.23. The molecule has 0 aromatic carbocycles. The lowest BCUT2D eigenvalue weighted by molar-refractivity contribution is -0.139. The summed E-state index contributed by atoms with van der Waals surface area (Å²) in [6, 6.07) is 0. The molecule has 1 rings (SSSR count). The molecule has 1 heterocycles. The zero-order valence-corrected chi connectivity index (χ0v) is 9.08. The Labute approximate surface area is 85.5 Å². The molecule has 1 unspecified atom stereocenters. The van der Waals surface area contributed by atoms with E-state index in [1.807, 2.05) is 13.8 Å². The molecule has 1 aliphatic rings. The van der Waals surface area contributed by atoms with Gasteiger partial charge < -0.3 is 9.84 Å². The second-order valence-corrected chi connectivity index (χ2v) is 4.91. The molecule has 0 radical (unpaired) electrons. The third-order valence-corrected chi connectivity index (χ3v) is 2.80. The molecule has 1 aliphatic heterocycles. The van der Waals surface area contributed by atoms with Crippen molar-refractivity contribution in [3.63, 3.8) is 0 Å². The average molecular weight is 200 g/mol. The van der Waals surface area contributed by atoms with Crippen molar-refractivity contribution in [1.29, 1.82) is 0 Å². The van der Waals surface area contributed by atoms with Gasteiger partial charge in [-0.2, -0.15) is 0 Å². The Kier molecular flexibility index (Phi) is 3.93. The second kappa shape index (κ2) is 4.78. The molecule has 0 aromatic rings. The first kappa shape index (κ1) is 11.5. The second-order valence-electron chi connectivity index (χ2n) is 4.91. The molecule has 0 bridgehead atoms. The van der Waals surface area contributed by atoms with E-state index in [2.05, 4.69) is 0 Å². The molecule has 82 valence electrons. The number of carboxylic acid groups (broad SMARTS) is 1. The summed E-state index contributed by atoms with van der Waals surface area (Å²) >= 11 is 0. The monoisotopic (exact) mass is 200 g/mol. The van der Waals surface area contributed by atoms with E-state index < -0.39 is 5.97 Å². The highest BCUT2D eigenvalue weighted by Gasteiger charge is 2.24. The van der Waals surface area contributed by atoms with Crippen LogP contribution < -0.4 is 0 Å². The summed E-state index contributed by atoms with van der Waals surface area (Å²) in [6.45, 7) is 4.90. The Balaban J connectivity index is 2.23. The highest BCUT2D eigenvalue weighted by Crippen LogP contribution is 2.29. The fraction of sp³-hybridized carbons (Fsp3) is 0.909. The predicted molar refractivity (Wildman–Crippen MR) is 54.2 cm³/mol. The van der Waals surface area contributed by atoms with Crippen LogP contribution in [0.2, 0.25) is 0 Å². The maximum Gasteiger partial charge on any atom is 0.303 e. The third kappa shape index (κ3) is 4.09. The Morgan fingerprint density at radius 2 is 2.29 bits per heavy atom. The van der Waals surface area contributed by atoms with Crippen molar-refractivity contribution in [2.24, 2.45) is 5.41 Å². The molecule has 3 nitrogen and oxygen atoms in total. The number of ether oxygens (including phenoxy) is 1. The van der Waals surface area contributed by atoms with Crippen LogP contribution in [0.1, 0.15) is 46.0 Å². The summed E-state index contributed by atoms with van der Waals surface area (Å²) in [5.41, 5.74) is -0.0994. The summed E-state index contributed by atoms with van der Waals surface area (Å²) < 4.78 is 5.51. The summed E-state index contributed by atoms with van der Waals surface area (Å²) in [4.78, 5) is 10.6. The number of rotatable bonds is 5. The van der Waals surface area contributed by atoms with E-state index in [0.717, 1.165) is 32.3 Å². The molecule has 0 saturated carbocycles. The van der Waals surface area contributed by atoms with E-state index in [1.165, 1.54) is 0 Å². The fourth-order valence-electron chi connectivity index (χ4n) is 1.92. The van der Waals surface area contributed by atoms with Gasteiger partial charge in [-0.25, -0.2) is 0 Å². The van der Waals surface area contributed by atoms with E-state index in [9.17, 15) is 4.79 Å². The van der Waals surface area contributed by atoms with E-state index in [-0.39, 0.29) is 11.8 Å². The van der Waals surface area contributed by atoms with Crippen molar-refractivity contribution in [2.75, 3.05) is 6.61 Å². The lowest BCUT2D eigenvalue weighted by Crippen LogP contribution is -2.19. The van der Waals surface area contributed by atoms with Gasteiger partial charge in [0, 0.05) is 6.61 Å². The van der Waals surface area contributed by atoms with Crippen molar-refractivity contribution in [2.45, 2.75) is 52.1 Å². The smallest absolute Gasteiger partial charge is 0.303 e. The highest BCUT2D eigenvalue weighted by molar-refractivity contribution is 5.67. The largest absolute Gasteiger partial charge is 0.481 e. The molecule has 3 heteroatoms. The van der Waals surface area contributed by atoms with Crippen LogP contribution in [-0.2, 0) is 9.53 Å². The molecule has 1 fully saturated rings. The van der Waals surface area contributed by atoms with Gasteiger partial charge in [-0.05, 0) is 31.1 Å². The summed E-state index contributed by atoms with van der Waals surface area (Å²) in [5, 5.41) is 8.71. The van der Waals surface area contributed by atoms with Crippen LogP contribution in [0.3, 0.4) is 0 Å². The van der Waals surface area contributed by atoms with Gasteiger partial charge >= 0.3 is 5.97 Å². The van der Waals surface area contributed by atoms with Gasteiger partial charge in [-0.15, -0.1) is 0 Å². The molecular weight excluding hydrogens is 180 g/mol. The van der Waals surface area contributed by atoms with E-state index >= 15 is 0 Å². The van der Waals surface area contributed by atoms with E-state index in [0.29, 0.717) is 6.10 Å². The normalized spacial score (nSPS) is 22.6. The quantitative estimate of drug-likeness (QED) is 0.741. The first-order chi connectivity index (χ1) is 6.49. The van der Waals surface area contributed by atoms with Gasteiger partial charge in [0.15, 0.2) is 0 Å². The van der Waals surface area contributed by atoms with Crippen LogP contribution in [0.25, 0.3) is 0 Å². The minimum absolute atomic E-state index is 0.0994. The van der Waals surface area contributed by atoms with Crippen LogP contribution in [0.15, 0.2) is 0 Å². The van der Waals surface area contributed by atoms with Gasteiger partial charge in [0.2, 0.25) is 0 Å². The fourth-order valence-corrected chi connectivity index (χ4v) is 1.92. The maximum atomic E-state index is 10.6. The topological polar surface area (TPSA) is 46.5 Å². The summed E-state index contributed by atoms with van der Waals surface area (Å²) in [7, 11) is 0. The number of hydrogen-bond donors (Lipinski definition) is 1. The van der Waals surface area contributed by atoms with Crippen molar-refractivity contribution in [1.82, 2.24) is 0 Å². The van der Waals surface area contributed by atoms with Crippen molar-refractivity contribution < 1.29 is 14.6 Å². The Hall–Kier alpha value is -0.570. The van der Waals surface area contributed by atoms with Crippen LogP contribution in [0.4, 0.5) is 0 Å². The van der Waals surface area contributed by atoms with Gasteiger partial charge in [-0.3, -0.25) is 4.79 Å². The van der Waals surface area contributed by atoms with E-state index in [4.69, 9.17) is 9.84 Å². The van der Waals surface area contributed by atoms with Gasteiger partial charge in [0.05, 0.1) is 12.5 Å². The first-order valence-electron chi connectivity index (χ1n) is 5.33. The molecule has 0 aromatic heterocycles. The van der Waals surface area contributed by atoms with Gasteiger partial charge in [0.25, 0.3) is 0 Å². The Morgan fingerprint density at radius 1 is 1.57 bits per heavy atom. The molecule has 0 spiro atoms. The van der Waals surface area contributed by atoms with Crippen molar-refractivity contribution >= 4 is 5.97 Å². The molecule has 14 heavy (non-hydrogen) atoms. The first-order valence-corrected chi connectivity index (χ1v) is 5.33. The number of carbonyl (C=O) groups is 1. The minimum Gasteiger partial charge on any atom is -0.481 e. The van der Waals surface area contributed by atoms with Crippen molar-refractivity contribution in [3.05, 3.63) is 0 Å². The van der Waals surface area contributed by atoms with Crippen LogP contribution >= 0.6 is 0 Å². The van der Waals surface area contributed by atoms with Gasteiger partial charge in [-0.1, -0.05) is 13.8 Å². The standard InChI is InChI=1S/C11H20O3/c1-11(2,8-10(12)13)6-5-9-4-3-7-14-9/h9H,3-8H2,1-2H3,(H,12,13). The molecule has 1 atom stereocenters. The van der Waals surface area contributed by atoms with Crippen LogP contribution in [0, 0.1) is 5.41 Å². The molecule has 1 N–H and O–H groups in total. The predicted octanol–water partition coefficient (Wildman–Crippen LogP) is 2.45. The van der Waals surface area contributed by atoms with E-state index in [1.54, 1.807) is 0 Å². The number of hydrogen-bond acceptors (Lipinski definition) is 2. The molecule has 0 aliphatic carbocycles. The molecular formula is C11H20O3. The van der Waals surface area contributed by atoms with Gasteiger partial charge in [0.1, 0.15) is 0 Å². The Bertz CT molecular complexity index is 193. The number of aliphatic carboxylic acids is 1. The molecule has 0 amide bonds. The minimum atomic E-state index is -0.706. The van der Waals surface area contributed by atoms with Crippen molar-refractivity contribution in [3.8, 4) is 0 Å². The summed E-state index contributed by atoms with van der Waals surface area (Å²) in [5.74, 6) is -0.706. The molecule has 1 saturated heterocycles. The highest BCUT2D eigenvalue weighted by atomic mass is 16.5. The zero-order valence-electron chi connectivity index (χ0n) is 9.08. The maximum absolute atomic E-state index is 10.6. The summed E-state index contributed by atoms with van der Waals surface area (Å²) in [6.07, 6.45) is 4.86. The van der Waals surface area contributed by atoms with Crippen LogP contribution in [-0.4, -0.2) is 23.8 Å².